The van der Waals surface area contributed by atoms with Crippen LogP contribution in [0.5, 0.6) is 17.2 Å². The fraction of sp³-hybridized carbons (Fsp3) is 0.238. The molecule has 0 radical (unpaired) electrons. The molecule has 3 rings (SSSR count). The summed E-state index contributed by atoms with van der Waals surface area (Å²) in [6, 6.07) is 13.0. The molecule has 0 unspecified atom stereocenters. The normalized spacial score (nSPS) is 10.5. The van der Waals surface area contributed by atoms with E-state index in [1.54, 1.807) is 32.4 Å². The summed E-state index contributed by atoms with van der Waals surface area (Å²) in [6.07, 6.45) is 0. The van der Waals surface area contributed by atoms with E-state index < -0.39 is 5.97 Å². The van der Waals surface area contributed by atoms with Gasteiger partial charge in [-0.05, 0) is 24.1 Å². The van der Waals surface area contributed by atoms with Crippen molar-refractivity contribution in [2.24, 2.45) is 0 Å². The van der Waals surface area contributed by atoms with Crippen molar-refractivity contribution in [3.63, 3.8) is 0 Å². The summed E-state index contributed by atoms with van der Waals surface area (Å²) in [5.74, 6) is 1.06. The van der Waals surface area contributed by atoms with Gasteiger partial charge >= 0.3 is 5.97 Å². The average Bonchev–Trinajstić information content (AvgIpc) is 2.70. The van der Waals surface area contributed by atoms with Crippen molar-refractivity contribution in [1.82, 2.24) is 4.98 Å². The number of methoxy groups -OCH3 is 3. The highest BCUT2D eigenvalue weighted by Gasteiger charge is 2.17. The summed E-state index contributed by atoms with van der Waals surface area (Å²) in [5, 5.41) is 0.717. The smallest absolute Gasteiger partial charge is 0.356 e. The van der Waals surface area contributed by atoms with Crippen molar-refractivity contribution < 1.29 is 23.7 Å². The first-order valence-corrected chi connectivity index (χ1v) is 8.39. The van der Waals surface area contributed by atoms with Crippen LogP contribution in [-0.4, -0.2) is 32.3 Å². The Morgan fingerprint density at radius 3 is 2.33 bits per heavy atom. The molecule has 2 aromatic carbocycles. The van der Waals surface area contributed by atoms with Crippen LogP contribution in [0.15, 0.2) is 42.5 Å². The zero-order chi connectivity index (χ0) is 19.4. The van der Waals surface area contributed by atoms with Crippen LogP contribution in [0.25, 0.3) is 10.9 Å². The third kappa shape index (κ3) is 3.79. The number of benzene rings is 2. The maximum absolute atomic E-state index is 12.0. The standard InChI is InChI=1S/C21H21NO5/c1-13-7-5-6-8-14(13)12-27-18-11-17(21(23)26-4)22-16-10-20(25-3)19(24-2)9-15(16)18/h5-11H,12H2,1-4H3. The number of hydrogen-bond donors (Lipinski definition) is 0. The van der Waals surface area contributed by atoms with Crippen LogP contribution in [0.3, 0.4) is 0 Å². The molecule has 3 aromatic rings. The maximum atomic E-state index is 12.0. The van der Waals surface area contributed by atoms with Crippen LogP contribution < -0.4 is 14.2 Å². The first-order valence-electron chi connectivity index (χ1n) is 8.39. The van der Waals surface area contributed by atoms with Crippen LogP contribution in [0.2, 0.25) is 0 Å². The summed E-state index contributed by atoms with van der Waals surface area (Å²) in [5.41, 5.74) is 2.90. The van der Waals surface area contributed by atoms with E-state index in [0.717, 1.165) is 11.1 Å². The van der Waals surface area contributed by atoms with Crippen LogP contribution in [0.4, 0.5) is 0 Å². The summed E-state index contributed by atoms with van der Waals surface area (Å²) in [6.45, 7) is 2.39. The number of ether oxygens (including phenoxy) is 4. The van der Waals surface area contributed by atoms with Crippen molar-refractivity contribution in [2.75, 3.05) is 21.3 Å². The third-order valence-electron chi connectivity index (χ3n) is 4.32. The van der Waals surface area contributed by atoms with Crippen molar-refractivity contribution >= 4 is 16.9 Å². The molecule has 0 amide bonds. The molecule has 0 saturated carbocycles. The van der Waals surface area contributed by atoms with E-state index in [1.807, 2.05) is 31.2 Å². The predicted octanol–water partition coefficient (Wildman–Crippen LogP) is 3.93. The SMILES string of the molecule is COC(=O)c1cc(OCc2ccccc2C)c2cc(OC)c(OC)cc2n1. The topological polar surface area (TPSA) is 66.9 Å². The lowest BCUT2D eigenvalue weighted by Gasteiger charge is -2.14. The van der Waals surface area contributed by atoms with E-state index in [1.165, 1.54) is 7.11 Å². The molecule has 1 heterocycles. The fourth-order valence-corrected chi connectivity index (χ4v) is 2.78. The second kappa shape index (κ2) is 7.95. The van der Waals surface area contributed by atoms with Gasteiger partial charge in [0, 0.05) is 17.5 Å². The minimum absolute atomic E-state index is 0.164. The first-order chi connectivity index (χ1) is 13.1. The van der Waals surface area contributed by atoms with Crippen molar-refractivity contribution in [2.45, 2.75) is 13.5 Å². The van der Waals surface area contributed by atoms with Crippen LogP contribution in [0.1, 0.15) is 21.6 Å². The molecule has 0 saturated heterocycles. The Morgan fingerprint density at radius 1 is 0.963 bits per heavy atom. The number of pyridine rings is 1. The van der Waals surface area contributed by atoms with Gasteiger partial charge < -0.3 is 18.9 Å². The molecule has 1 aromatic heterocycles. The molecule has 0 aliphatic heterocycles. The number of rotatable bonds is 6. The van der Waals surface area contributed by atoms with E-state index in [4.69, 9.17) is 18.9 Å². The van der Waals surface area contributed by atoms with E-state index in [2.05, 4.69) is 4.98 Å². The van der Waals surface area contributed by atoms with Gasteiger partial charge in [-0.3, -0.25) is 0 Å². The Balaban J connectivity index is 2.09. The monoisotopic (exact) mass is 367 g/mol. The van der Waals surface area contributed by atoms with Gasteiger partial charge in [0.2, 0.25) is 0 Å². The average molecular weight is 367 g/mol. The molecule has 0 atom stereocenters. The lowest BCUT2D eigenvalue weighted by molar-refractivity contribution is 0.0594. The lowest BCUT2D eigenvalue weighted by Crippen LogP contribution is -2.06. The highest BCUT2D eigenvalue weighted by molar-refractivity contribution is 5.95. The second-order valence-electron chi connectivity index (χ2n) is 5.94. The van der Waals surface area contributed by atoms with Crippen molar-refractivity contribution in [3.8, 4) is 17.2 Å². The Labute approximate surface area is 157 Å². The van der Waals surface area contributed by atoms with Gasteiger partial charge in [-0.25, -0.2) is 9.78 Å². The molecule has 0 aliphatic rings. The maximum Gasteiger partial charge on any atom is 0.356 e. The number of hydrogen-bond acceptors (Lipinski definition) is 6. The number of aryl methyl sites for hydroxylation is 1. The van der Waals surface area contributed by atoms with Crippen LogP contribution in [0, 0.1) is 6.92 Å². The number of carbonyl (C=O) groups excluding carboxylic acids is 1. The summed E-state index contributed by atoms with van der Waals surface area (Å²) in [7, 11) is 4.42. The molecule has 27 heavy (non-hydrogen) atoms. The predicted molar refractivity (Wildman–Crippen MR) is 102 cm³/mol. The molecule has 0 aliphatic carbocycles. The zero-order valence-electron chi connectivity index (χ0n) is 15.7. The minimum Gasteiger partial charge on any atom is -0.493 e. The number of fused-ring (bicyclic) bond motifs is 1. The zero-order valence-corrected chi connectivity index (χ0v) is 15.7. The molecular formula is C21H21NO5. The number of aromatic nitrogens is 1. The second-order valence-corrected chi connectivity index (χ2v) is 5.94. The highest BCUT2D eigenvalue weighted by atomic mass is 16.5. The van der Waals surface area contributed by atoms with Gasteiger partial charge in [0.05, 0.1) is 26.8 Å². The van der Waals surface area contributed by atoms with Crippen LogP contribution in [-0.2, 0) is 11.3 Å². The molecular weight excluding hydrogens is 346 g/mol. The van der Waals surface area contributed by atoms with E-state index >= 15 is 0 Å². The largest absolute Gasteiger partial charge is 0.493 e. The van der Waals surface area contributed by atoms with Crippen LogP contribution >= 0.6 is 0 Å². The summed E-state index contributed by atoms with van der Waals surface area (Å²) in [4.78, 5) is 16.4. The first kappa shape index (κ1) is 18.5. The Bertz CT molecular complexity index is 984. The van der Waals surface area contributed by atoms with E-state index in [9.17, 15) is 4.79 Å². The van der Waals surface area contributed by atoms with Gasteiger partial charge in [0.15, 0.2) is 17.2 Å². The Kier molecular flexibility index (Phi) is 5.45. The fourth-order valence-electron chi connectivity index (χ4n) is 2.78. The molecule has 0 N–H and O–H groups in total. The summed E-state index contributed by atoms with van der Waals surface area (Å²) >= 11 is 0. The van der Waals surface area contributed by atoms with Gasteiger partial charge in [0.25, 0.3) is 0 Å². The van der Waals surface area contributed by atoms with Crippen molar-refractivity contribution in [3.05, 3.63) is 59.3 Å². The van der Waals surface area contributed by atoms with Gasteiger partial charge in [-0.1, -0.05) is 24.3 Å². The number of nitrogens with zero attached hydrogens (tertiary/aromatic N) is 1. The highest BCUT2D eigenvalue weighted by Crippen LogP contribution is 2.36. The lowest BCUT2D eigenvalue weighted by atomic mass is 10.1. The minimum atomic E-state index is -0.535. The van der Waals surface area contributed by atoms with E-state index in [0.29, 0.717) is 34.8 Å². The third-order valence-corrected chi connectivity index (χ3v) is 4.32. The molecule has 0 bridgehead atoms. The molecule has 0 fully saturated rings. The molecule has 140 valence electrons. The molecule has 0 spiro atoms. The summed E-state index contributed by atoms with van der Waals surface area (Å²) < 4.78 is 21.6. The van der Waals surface area contributed by atoms with Crippen molar-refractivity contribution in [1.29, 1.82) is 0 Å². The Morgan fingerprint density at radius 2 is 1.67 bits per heavy atom. The molecule has 6 nitrogen and oxygen atoms in total. The van der Waals surface area contributed by atoms with Gasteiger partial charge in [-0.2, -0.15) is 0 Å². The quantitative estimate of drug-likeness (QED) is 0.615. The number of esters is 1. The number of carbonyl (C=O) groups is 1. The molecule has 6 heteroatoms. The Hall–Kier alpha value is -3.28. The van der Waals surface area contributed by atoms with E-state index in [-0.39, 0.29) is 5.69 Å². The van der Waals surface area contributed by atoms with Gasteiger partial charge in [-0.15, -0.1) is 0 Å². The van der Waals surface area contributed by atoms with Gasteiger partial charge in [0.1, 0.15) is 12.4 Å².